The van der Waals surface area contributed by atoms with Crippen LogP contribution < -0.4 is 10.1 Å². The zero-order chi connectivity index (χ0) is 14.5. The van der Waals surface area contributed by atoms with Crippen molar-refractivity contribution in [3.63, 3.8) is 0 Å². The number of rotatable bonds is 7. The van der Waals surface area contributed by atoms with Gasteiger partial charge in [0, 0.05) is 23.5 Å². The van der Waals surface area contributed by atoms with Crippen LogP contribution >= 0.6 is 15.9 Å². The first-order chi connectivity index (χ1) is 9.69. The van der Waals surface area contributed by atoms with Gasteiger partial charge in [0.25, 0.3) is 0 Å². The highest BCUT2D eigenvalue weighted by molar-refractivity contribution is 9.10. The minimum Gasteiger partial charge on any atom is -0.493 e. The molecule has 1 aromatic rings. The fourth-order valence-electron chi connectivity index (χ4n) is 2.89. The van der Waals surface area contributed by atoms with E-state index in [9.17, 15) is 0 Å². The first-order valence-corrected chi connectivity index (χ1v) is 8.21. The summed E-state index contributed by atoms with van der Waals surface area (Å²) in [5.41, 5.74) is 2.58. The predicted octanol–water partition coefficient (Wildman–Crippen LogP) is 3.33. The number of hydrogen-bond donors (Lipinski definition) is 1. The number of benzene rings is 1. The lowest BCUT2D eigenvalue weighted by atomic mass is 9.97. The van der Waals surface area contributed by atoms with E-state index < -0.39 is 0 Å². The third-order valence-corrected chi connectivity index (χ3v) is 4.33. The zero-order valence-electron chi connectivity index (χ0n) is 12.5. The molecule has 3 nitrogen and oxygen atoms in total. The number of nitrogens with one attached hydrogen (secondary N) is 1. The highest BCUT2D eigenvalue weighted by Gasteiger charge is 2.24. The van der Waals surface area contributed by atoms with Gasteiger partial charge in [0.2, 0.25) is 0 Å². The molecule has 1 aliphatic rings. The SMILES string of the molecule is CCOC(CC)C(Cc1cc(Br)cc2c1OCC2)NC. The van der Waals surface area contributed by atoms with Crippen molar-refractivity contribution in [1.29, 1.82) is 0 Å². The van der Waals surface area contributed by atoms with Crippen LogP contribution in [-0.4, -0.2) is 32.4 Å². The second-order valence-corrected chi connectivity index (χ2v) is 6.07. The number of fused-ring (bicyclic) bond motifs is 1. The van der Waals surface area contributed by atoms with Crippen LogP contribution in [0.15, 0.2) is 16.6 Å². The minimum atomic E-state index is 0.237. The van der Waals surface area contributed by atoms with Gasteiger partial charge in [-0.3, -0.25) is 0 Å². The second kappa shape index (κ2) is 7.43. The Morgan fingerprint density at radius 1 is 1.40 bits per heavy atom. The number of halogens is 1. The summed E-state index contributed by atoms with van der Waals surface area (Å²) in [6, 6.07) is 4.65. The van der Waals surface area contributed by atoms with Crippen LogP contribution in [0.25, 0.3) is 0 Å². The number of hydrogen-bond acceptors (Lipinski definition) is 3. The molecule has 2 unspecified atom stereocenters. The van der Waals surface area contributed by atoms with Gasteiger partial charge < -0.3 is 14.8 Å². The fraction of sp³-hybridized carbons (Fsp3) is 0.625. The summed E-state index contributed by atoms with van der Waals surface area (Å²) in [5.74, 6) is 1.08. The van der Waals surface area contributed by atoms with Gasteiger partial charge in [-0.2, -0.15) is 0 Å². The lowest BCUT2D eigenvalue weighted by Gasteiger charge is -2.26. The molecular formula is C16H24BrNO2. The van der Waals surface area contributed by atoms with Gasteiger partial charge in [-0.15, -0.1) is 0 Å². The van der Waals surface area contributed by atoms with Crippen molar-refractivity contribution in [3.8, 4) is 5.75 Å². The van der Waals surface area contributed by atoms with Crippen LogP contribution in [0, 0.1) is 0 Å². The Morgan fingerprint density at radius 2 is 2.20 bits per heavy atom. The summed E-state index contributed by atoms with van der Waals surface area (Å²) in [6.45, 7) is 5.78. The van der Waals surface area contributed by atoms with Gasteiger partial charge in [0.1, 0.15) is 5.75 Å². The highest BCUT2D eigenvalue weighted by Crippen LogP contribution is 2.34. The molecule has 0 saturated heterocycles. The first-order valence-electron chi connectivity index (χ1n) is 7.42. The summed E-state index contributed by atoms with van der Waals surface area (Å²) in [5, 5.41) is 3.40. The molecule has 0 amide bonds. The maximum absolute atomic E-state index is 5.85. The molecule has 0 fully saturated rings. The fourth-order valence-corrected chi connectivity index (χ4v) is 3.44. The minimum absolute atomic E-state index is 0.237. The third kappa shape index (κ3) is 3.54. The number of likely N-dealkylation sites (N-methyl/N-ethyl adjacent to an activating group) is 1. The molecule has 0 saturated carbocycles. The normalized spacial score (nSPS) is 16.6. The molecule has 4 heteroatoms. The smallest absolute Gasteiger partial charge is 0.125 e. The first kappa shape index (κ1) is 15.8. The monoisotopic (exact) mass is 341 g/mol. The Hall–Kier alpha value is -0.580. The van der Waals surface area contributed by atoms with Crippen molar-refractivity contribution < 1.29 is 9.47 Å². The highest BCUT2D eigenvalue weighted by atomic mass is 79.9. The molecule has 112 valence electrons. The molecule has 0 radical (unpaired) electrons. The summed E-state index contributed by atoms with van der Waals surface area (Å²) in [4.78, 5) is 0. The Labute approximate surface area is 130 Å². The van der Waals surface area contributed by atoms with Crippen molar-refractivity contribution in [2.75, 3.05) is 20.3 Å². The van der Waals surface area contributed by atoms with E-state index in [1.807, 2.05) is 7.05 Å². The Kier molecular flexibility index (Phi) is 5.87. The van der Waals surface area contributed by atoms with Crippen LogP contribution in [0.5, 0.6) is 5.75 Å². The van der Waals surface area contributed by atoms with Crippen LogP contribution in [0.2, 0.25) is 0 Å². The lowest BCUT2D eigenvalue weighted by molar-refractivity contribution is 0.0337. The van der Waals surface area contributed by atoms with E-state index in [0.717, 1.165) is 42.7 Å². The lowest BCUT2D eigenvalue weighted by Crippen LogP contribution is -2.41. The average Bonchev–Trinajstić information content (AvgIpc) is 2.90. The van der Waals surface area contributed by atoms with E-state index in [4.69, 9.17) is 9.47 Å². The standard InChI is InChI=1S/C16H24BrNO2/c1-4-15(19-5-2)14(18-3)10-12-9-13(17)8-11-6-7-20-16(11)12/h8-9,14-15,18H,4-7,10H2,1-3H3. The largest absolute Gasteiger partial charge is 0.493 e. The van der Waals surface area contributed by atoms with E-state index >= 15 is 0 Å². The molecule has 1 aromatic carbocycles. The van der Waals surface area contributed by atoms with Gasteiger partial charge in [0.15, 0.2) is 0 Å². The Bertz CT molecular complexity index is 450. The molecule has 1 heterocycles. The van der Waals surface area contributed by atoms with E-state index in [1.165, 1.54) is 11.1 Å². The van der Waals surface area contributed by atoms with Crippen molar-refractivity contribution in [2.24, 2.45) is 0 Å². The second-order valence-electron chi connectivity index (χ2n) is 5.15. The quantitative estimate of drug-likeness (QED) is 0.825. The maximum atomic E-state index is 5.85. The van der Waals surface area contributed by atoms with E-state index in [0.29, 0.717) is 6.04 Å². The van der Waals surface area contributed by atoms with Crippen LogP contribution in [0.3, 0.4) is 0 Å². The van der Waals surface area contributed by atoms with Gasteiger partial charge >= 0.3 is 0 Å². The molecule has 1 N–H and O–H groups in total. The predicted molar refractivity (Wildman–Crippen MR) is 85.6 cm³/mol. The van der Waals surface area contributed by atoms with Crippen molar-refractivity contribution in [3.05, 3.63) is 27.7 Å². The Balaban J connectivity index is 2.19. The molecule has 2 rings (SSSR count). The van der Waals surface area contributed by atoms with Crippen molar-refractivity contribution in [1.82, 2.24) is 5.32 Å². The van der Waals surface area contributed by atoms with Gasteiger partial charge in [-0.25, -0.2) is 0 Å². The topological polar surface area (TPSA) is 30.5 Å². The Morgan fingerprint density at radius 3 is 2.85 bits per heavy atom. The van der Waals surface area contributed by atoms with Gasteiger partial charge in [0.05, 0.1) is 12.7 Å². The summed E-state index contributed by atoms with van der Waals surface area (Å²) >= 11 is 3.61. The molecule has 1 aliphatic heterocycles. The van der Waals surface area contributed by atoms with Gasteiger partial charge in [-0.05, 0) is 50.1 Å². The van der Waals surface area contributed by atoms with Crippen molar-refractivity contribution in [2.45, 2.75) is 45.3 Å². The van der Waals surface area contributed by atoms with Crippen LogP contribution in [-0.2, 0) is 17.6 Å². The van der Waals surface area contributed by atoms with E-state index in [1.54, 1.807) is 0 Å². The summed E-state index contributed by atoms with van der Waals surface area (Å²) in [6.07, 6.45) is 3.18. The van der Waals surface area contributed by atoms with E-state index in [2.05, 4.69) is 47.2 Å². The van der Waals surface area contributed by atoms with Crippen LogP contribution in [0.1, 0.15) is 31.4 Å². The number of ether oxygens (including phenoxy) is 2. The molecule has 0 aliphatic carbocycles. The van der Waals surface area contributed by atoms with Crippen LogP contribution in [0.4, 0.5) is 0 Å². The van der Waals surface area contributed by atoms with Gasteiger partial charge in [-0.1, -0.05) is 22.9 Å². The zero-order valence-corrected chi connectivity index (χ0v) is 14.1. The summed E-state index contributed by atoms with van der Waals surface area (Å²) < 4.78 is 12.8. The molecule has 0 aromatic heterocycles. The molecule has 2 atom stereocenters. The van der Waals surface area contributed by atoms with Crippen molar-refractivity contribution >= 4 is 15.9 Å². The maximum Gasteiger partial charge on any atom is 0.125 e. The van der Waals surface area contributed by atoms with E-state index in [-0.39, 0.29) is 6.10 Å². The molecular weight excluding hydrogens is 318 g/mol. The average molecular weight is 342 g/mol. The molecule has 0 bridgehead atoms. The third-order valence-electron chi connectivity index (χ3n) is 3.87. The molecule has 0 spiro atoms. The molecule has 20 heavy (non-hydrogen) atoms. The summed E-state index contributed by atoms with van der Waals surface area (Å²) in [7, 11) is 2.01.